The van der Waals surface area contributed by atoms with Crippen molar-refractivity contribution in [2.45, 2.75) is 31.2 Å². The summed E-state index contributed by atoms with van der Waals surface area (Å²) in [6, 6.07) is 14.0. The van der Waals surface area contributed by atoms with Gasteiger partial charge in [0.25, 0.3) is 0 Å². The Morgan fingerprint density at radius 1 is 1.04 bits per heavy atom. The highest BCUT2D eigenvalue weighted by Crippen LogP contribution is 2.39. The number of benzene rings is 2. The minimum Gasteiger partial charge on any atom is -0.490 e. The molecule has 144 valence electrons. The highest BCUT2D eigenvalue weighted by atomic mass is 127. The molecule has 2 aromatic carbocycles. The van der Waals surface area contributed by atoms with Crippen molar-refractivity contribution < 1.29 is 9.47 Å². The van der Waals surface area contributed by atoms with Crippen molar-refractivity contribution >= 4 is 47.2 Å². The lowest BCUT2D eigenvalue weighted by Gasteiger charge is -2.33. The minimum absolute atomic E-state index is 0. The lowest BCUT2D eigenvalue weighted by Crippen LogP contribution is -2.31. The van der Waals surface area contributed by atoms with E-state index in [0.29, 0.717) is 25.1 Å². The molecule has 1 aliphatic carbocycles. The average Bonchev–Trinajstić information content (AvgIpc) is 2.84. The van der Waals surface area contributed by atoms with E-state index in [-0.39, 0.29) is 30.0 Å². The van der Waals surface area contributed by atoms with Crippen LogP contribution in [0.4, 0.5) is 5.69 Å². The molecular weight excluding hydrogens is 477 g/mol. The summed E-state index contributed by atoms with van der Waals surface area (Å²) in [4.78, 5) is 4.59. The van der Waals surface area contributed by atoms with E-state index < -0.39 is 0 Å². The zero-order valence-electron chi connectivity index (χ0n) is 14.9. The molecule has 1 heterocycles. The Kier molecular flexibility index (Phi) is 6.70. The van der Waals surface area contributed by atoms with Crippen molar-refractivity contribution in [3.05, 3.63) is 53.1 Å². The van der Waals surface area contributed by atoms with E-state index in [1.54, 1.807) is 0 Å². The number of fused-ring (bicyclic) bond motifs is 1. The number of nitrogens with two attached hydrogens (primary N) is 1. The van der Waals surface area contributed by atoms with E-state index in [9.17, 15) is 0 Å². The molecule has 0 radical (unpaired) electrons. The molecule has 27 heavy (non-hydrogen) atoms. The van der Waals surface area contributed by atoms with E-state index >= 15 is 0 Å². The van der Waals surface area contributed by atoms with Crippen LogP contribution in [0.1, 0.15) is 30.7 Å². The van der Waals surface area contributed by atoms with Gasteiger partial charge in [-0.3, -0.25) is 0 Å². The van der Waals surface area contributed by atoms with Gasteiger partial charge < -0.3 is 20.5 Å². The van der Waals surface area contributed by atoms with Crippen LogP contribution in [0.3, 0.4) is 0 Å². The van der Waals surface area contributed by atoms with Crippen LogP contribution >= 0.6 is 35.6 Å². The standard InChI is InChI=1S/C20H22ClN3O2.HI/c21-15-4-2-13(3-5-15)14-10-17(11-14)24-20(22)23-16-6-7-18-19(12-16)26-9-1-8-25-18;/h2-7,12,14,17H,1,8-11H2,(H3,22,23,24);1H. The van der Waals surface area contributed by atoms with Crippen LogP contribution in [0.15, 0.2) is 47.5 Å². The first-order chi connectivity index (χ1) is 12.7. The van der Waals surface area contributed by atoms with Gasteiger partial charge in [0.15, 0.2) is 17.5 Å². The molecule has 0 saturated heterocycles. The third kappa shape index (κ3) is 4.99. The molecule has 0 amide bonds. The van der Waals surface area contributed by atoms with E-state index in [0.717, 1.165) is 41.5 Å². The summed E-state index contributed by atoms with van der Waals surface area (Å²) in [6.07, 6.45) is 2.90. The predicted octanol–water partition coefficient (Wildman–Crippen LogP) is 4.79. The summed E-state index contributed by atoms with van der Waals surface area (Å²) in [5, 5.41) is 3.92. The summed E-state index contributed by atoms with van der Waals surface area (Å²) in [5.41, 5.74) is 8.24. The Bertz CT molecular complexity index is 807. The lowest BCUT2D eigenvalue weighted by molar-refractivity contribution is 0.297. The zero-order chi connectivity index (χ0) is 17.9. The topological polar surface area (TPSA) is 68.9 Å². The molecule has 3 N–H and O–H groups in total. The number of halogens is 2. The largest absolute Gasteiger partial charge is 0.490 e. The van der Waals surface area contributed by atoms with Crippen molar-refractivity contribution in [1.29, 1.82) is 0 Å². The molecular formula is C20H23ClIN3O2. The van der Waals surface area contributed by atoms with E-state index in [2.05, 4.69) is 22.4 Å². The maximum absolute atomic E-state index is 6.08. The first kappa shape index (κ1) is 20.1. The Balaban J connectivity index is 0.00000210. The van der Waals surface area contributed by atoms with Crippen molar-refractivity contribution in [3.8, 4) is 11.5 Å². The fourth-order valence-electron chi connectivity index (χ4n) is 3.32. The van der Waals surface area contributed by atoms with Gasteiger partial charge in [-0.25, -0.2) is 4.99 Å². The number of guanidine groups is 1. The Hall–Kier alpha value is -1.67. The number of rotatable bonds is 3. The van der Waals surface area contributed by atoms with Gasteiger partial charge in [-0.1, -0.05) is 23.7 Å². The van der Waals surface area contributed by atoms with Crippen LogP contribution in [0, 0.1) is 0 Å². The number of nitrogens with one attached hydrogen (secondary N) is 1. The number of ether oxygens (including phenoxy) is 2. The smallest absolute Gasteiger partial charge is 0.193 e. The summed E-state index contributed by atoms with van der Waals surface area (Å²) in [5.74, 6) is 2.48. The summed E-state index contributed by atoms with van der Waals surface area (Å²) in [7, 11) is 0. The minimum atomic E-state index is 0. The average molecular weight is 500 g/mol. The van der Waals surface area contributed by atoms with Gasteiger partial charge in [0, 0.05) is 23.2 Å². The van der Waals surface area contributed by atoms with Gasteiger partial charge in [-0.05, 0) is 48.6 Å². The van der Waals surface area contributed by atoms with Crippen molar-refractivity contribution in [2.75, 3.05) is 18.5 Å². The van der Waals surface area contributed by atoms with Gasteiger partial charge in [0.2, 0.25) is 0 Å². The summed E-state index contributed by atoms with van der Waals surface area (Å²) < 4.78 is 11.3. The molecule has 1 saturated carbocycles. The lowest BCUT2D eigenvalue weighted by atomic mass is 9.76. The second-order valence-corrected chi connectivity index (χ2v) is 7.16. The van der Waals surface area contributed by atoms with Crippen molar-refractivity contribution in [3.63, 3.8) is 0 Å². The van der Waals surface area contributed by atoms with Crippen molar-refractivity contribution in [1.82, 2.24) is 0 Å². The third-order valence-electron chi connectivity index (χ3n) is 4.80. The van der Waals surface area contributed by atoms with Gasteiger partial charge in [-0.2, -0.15) is 0 Å². The van der Waals surface area contributed by atoms with Gasteiger partial charge in [0.1, 0.15) is 0 Å². The van der Waals surface area contributed by atoms with Gasteiger partial charge in [-0.15, -0.1) is 24.0 Å². The second-order valence-electron chi connectivity index (χ2n) is 6.73. The number of nitrogens with zero attached hydrogens (tertiary/aromatic N) is 1. The number of anilines is 1. The normalized spacial score (nSPS) is 21.4. The van der Waals surface area contributed by atoms with E-state index in [1.807, 2.05) is 30.3 Å². The van der Waals surface area contributed by atoms with Crippen LogP contribution < -0.4 is 20.5 Å². The number of hydrogen-bond donors (Lipinski definition) is 2. The molecule has 0 aromatic heterocycles. The van der Waals surface area contributed by atoms with Crippen LogP contribution in [0.25, 0.3) is 0 Å². The molecule has 0 unspecified atom stereocenters. The molecule has 0 bridgehead atoms. The second kappa shape index (κ2) is 9.01. The summed E-state index contributed by atoms with van der Waals surface area (Å²) in [6.45, 7) is 1.34. The molecule has 7 heteroatoms. The predicted molar refractivity (Wildman–Crippen MR) is 120 cm³/mol. The number of aliphatic imine (C=N–C) groups is 1. The van der Waals surface area contributed by atoms with Crippen LogP contribution in [0.5, 0.6) is 11.5 Å². The molecule has 1 fully saturated rings. The van der Waals surface area contributed by atoms with Crippen LogP contribution in [-0.2, 0) is 0 Å². The SMILES string of the molecule is I.NC(=NC1CC(c2ccc(Cl)cc2)C1)Nc1ccc2c(c1)OCCCO2. The van der Waals surface area contributed by atoms with Gasteiger partial charge >= 0.3 is 0 Å². The maximum Gasteiger partial charge on any atom is 0.193 e. The maximum atomic E-state index is 6.08. The third-order valence-corrected chi connectivity index (χ3v) is 5.05. The first-order valence-electron chi connectivity index (χ1n) is 8.93. The Morgan fingerprint density at radius 2 is 1.74 bits per heavy atom. The quantitative estimate of drug-likeness (QED) is 0.362. The Labute approximate surface area is 181 Å². The monoisotopic (exact) mass is 499 g/mol. The highest BCUT2D eigenvalue weighted by Gasteiger charge is 2.30. The molecule has 2 aromatic rings. The molecule has 0 spiro atoms. The molecule has 2 aliphatic rings. The fourth-order valence-corrected chi connectivity index (χ4v) is 3.44. The molecule has 5 nitrogen and oxygen atoms in total. The highest BCUT2D eigenvalue weighted by molar-refractivity contribution is 14.0. The van der Waals surface area contributed by atoms with Crippen LogP contribution in [-0.4, -0.2) is 25.2 Å². The van der Waals surface area contributed by atoms with E-state index in [1.165, 1.54) is 5.56 Å². The van der Waals surface area contributed by atoms with Crippen LogP contribution in [0.2, 0.25) is 5.02 Å². The van der Waals surface area contributed by atoms with Crippen molar-refractivity contribution in [2.24, 2.45) is 10.7 Å². The Morgan fingerprint density at radius 3 is 2.48 bits per heavy atom. The fraction of sp³-hybridized carbons (Fsp3) is 0.350. The first-order valence-corrected chi connectivity index (χ1v) is 9.30. The molecule has 4 rings (SSSR count). The zero-order valence-corrected chi connectivity index (χ0v) is 17.9. The number of hydrogen-bond acceptors (Lipinski definition) is 3. The van der Waals surface area contributed by atoms with E-state index in [4.69, 9.17) is 26.8 Å². The summed E-state index contributed by atoms with van der Waals surface area (Å²) >= 11 is 5.94. The molecule has 0 atom stereocenters. The van der Waals surface area contributed by atoms with Gasteiger partial charge in [0.05, 0.1) is 19.3 Å². The molecule has 1 aliphatic heterocycles.